The maximum absolute atomic E-state index is 12.2. The first kappa shape index (κ1) is 23.3. The third kappa shape index (κ3) is 4.25. The standard InChI is InChI=1S/C24H32BN5O3/c1-17(2)28-21(31)18-7-9-20(10-8-18)29-15-24(16-29,11-12-26)30-14-19(13-27-30)25-32-22(3,4)23(5,6)33-25/h7-10,13-14,17H,11,15-16H2,1-6H3,(H,28,31). The lowest BCUT2D eigenvalue weighted by Crippen LogP contribution is -2.63. The Bertz CT molecular complexity index is 1050. The number of amides is 1. The molecule has 0 radical (unpaired) electrons. The summed E-state index contributed by atoms with van der Waals surface area (Å²) >= 11 is 0. The third-order valence-electron chi connectivity index (χ3n) is 6.91. The zero-order chi connectivity index (χ0) is 24.0. The molecule has 2 aliphatic heterocycles. The van der Waals surface area contributed by atoms with Crippen LogP contribution in [0.25, 0.3) is 0 Å². The van der Waals surface area contributed by atoms with E-state index in [1.807, 2.05) is 76.7 Å². The SMILES string of the molecule is CC(C)NC(=O)c1ccc(N2CC(CC#N)(n3cc(B4OC(C)(C)C(C)(C)O4)cn3)C2)cc1. The molecule has 0 aliphatic carbocycles. The van der Waals surface area contributed by atoms with Gasteiger partial charge in [0, 0.05) is 48.2 Å². The van der Waals surface area contributed by atoms with Crippen molar-refractivity contribution in [1.29, 1.82) is 5.26 Å². The molecule has 0 bridgehead atoms. The number of nitrogens with one attached hydrogen (secondary N) is 1. The number of carbonyl (C=O) groups excluding carboxylic acids is 1. The second-order valence-electron chi connectivity index (χ2n) is 10.4. The van der Waals surface area contributed by atoms with Gasteiger partial charge in [-0.3, -0.25) is 9.48 Å². The number of nitriles is 1. The van der Waals surface area contributed by atoms with Crippen LogP contribution in [0.2, 0.25) is 0 Å². The summed E-state index contributed by atoms with van der Waals surface area (Å²) in [7, 11) is -0.483. The molecule has 1 aromatic carbocycles. The molecule has 174 valence electrons. The van der Waals surface area contributed by atoms with Crippen molar-refractivity contribution in [2.24, 2.45) is 0 Å². The first-order valence-corrected chi connectivity index (χ1v) is 11.4. The van der Waals surface area contributed by atoms with E-state index in [1.54, 1.807) is 6.20 Å². The van der Waals surface area contributed by atoms with Crippen LogP contribution in [-0.2, 0) is 14.8 Å². The van der Waals surface area contributed by atoms with Crippen LogP contribution < -0.4 is 15.7 Å². The molecule has 1 aromatic heterocycles. The summed E-state index contributed by atoms with van der Waals surface area (Å²) in [5.74, 6) is -0.0780. The summed E-state index contributed by atoms with van der Waals surface area (Å²) in [6.45, 7) is 13.3. The summed E-state index contributed by atoms with van der Waals surface area (Å²) in [4.78, 5) is 14.4. The van der Waals surface area contributed by atoms with Gasteiger partial charge in [0.15, 0.2) is 0 Å². The van der Waals surface area contributed by atoms with Crippen LogP contribution in [0.4, 0.5) is 5.69 Å². The molecule has 2 aromatic rings. The van der Waals surface area contributed by atoms with Gasteiger partial charge in [0.05, 0.1) is 23.7 Å². The highest BCUT2D eigenvalue weighted by atomic mass is 16.7. The lowest BCUT2D eigenvalue weighted by atomic mass is 9.81. The van der Waals surface area contributed by atoms with E-state index in [0.717, 1.165) is 11.2 Å². The Morgan fingerprint density at radius 1 is 1.18 bits per heavy atom. The minimum Gasteiger partial charge on any atom is -0.399 e. The molecule has 0 saturated carbocycles. The predicted octanol–water partition coefficient (Wildman–Crippen LogP) is 2.45. The molecule has 0 spiro atoms. The van der Waals surface area contributed by atoms with Crippen LogP contribution in [0.5, 0.6) is 0 Å². The number of aromatic nitrogens is 2. The topological polar surface area (TPSA) is 92.4 Å². The van der Waals surface area contributed by atoms with Crippen molar-refractivity contribution in [3.05, 3.63) is 42.2 Å². The first-order valence-electron chi connectivity index (χ1n) is 11.4. The molecular weight excluding hydrogens is 417 g/mol. The fourth-order valence-electron chi connectivity index (χ4n) is 4.20. The van der Waals surface area contributed by atoms with E-state index in [9.17, 15) is 10.1 Å². The minimum absolute atomic E-state index is 0.0780. The van der Waals surface area contributed by atoms with Gasteiger partial charge >= 0.3 is 7.12 Å². The number of rotatable bonds is 6. The Balaban J connectivity index is 1.47. The lowest BCUT2D eigenvalue weighted by Gasteiger charge is -2.50. The van der Waals surface area contributed by atoms with Crippen molar-refractivity contribution < 1.29 is 14.1 Å². The molecule has 9 heteroatoms. The highest BCUT2D eigenvalue weighted by Crippen LogP contribution is 2.38. The Hall–Kier alpha value is -2.83. The molecule has 0 unspecified atom stereocenters. The number of carbonyl (C=O) groups is 1. The maximum atomic E-state index is 12.2. The van der Waals surface area contributed by atoms with Gasteiger partial charge < -0.3 is 19.5 Å². The van der Waals surface area contributed by atoms with Crippen LogP contribution in [-0.4, -0.2) is 53.1 Å². The zero-order valence-corrected chi connectivity index (χ0v) is 20.3. The Labute approximate surface area is 196 Å². The van der Waals surface area contributed by atoms with Gasteiger partial charge in [0.25, 0.3) is 5.91 Å². The molecule has 1 amide bonds. The van der Waals surface area contributed by atoms with Gasteiger partial charge in [0.1, 0.15) is 5.54 Å². The molecular formula is C24H32BN5O3. The van der Waals surface area contributed by atoms with E-state index in [0.29, 0.717) is 25.1 Å². The van der Waals surface area contributed by atoms with E-state index in [4.69, 9.17) is 9.31 Å². The van der Waals surface area contributed by atoms with Gasteiger partial charge in [-0.2, -0.15) is 10.4 Å². The fourth-order valence-corrected chi connectivity index (χ4v) is 4.20. The van der Waals surface area contributed by atoms with Crippen molar-refractivity contribution in [2.75, 3.05) is 18.0 Å². The molecule has 2 fully saturated rings. The second-order valence-corrected chi connectivity index (χ2v) is 10.4. The quantitative estimate of drug-likeness (QED) is 0.682. The van der Waals surface area contributed by atoms with Crippen LogP contribution in [0.15, 0.2) is 36.7 Å². The van der Waals surface area contributed by atoms with Crippen LogP contribution in [0, 0.1) is 11.3 Å². The highest BCUT2D eigenvalue weighted by molar-refractivity contribution is 6.62. The van der Waals surface area contributed by atoms with Crippen molar-refractivity contribution in [2.45, 2.75) is 70.7 Å². The summed E-state index contributed by atoms with van der Waals surface area (Å²) < 4.78 is 14.2. The molecule has 8 nitrogen and oxygen atoms in total. The average molecular weight is 449 g/mol. The Kier molecular flexibility index (Phi) is 5.79. The van der Waals surface area contributed by atoms with Crippen LogP contribution in [0.1, 0.15) is 58.3 Å². The van der Waals surface area contributed by atoms with Crippen LogP contribution in [0.3, 0.4) is 0 Å². The lowest BCUT2D eigenvalue weighted by molar-refractivity contribution is 0.00578. The number of anilines is 1. The number of nitrogens with zero attached hydrogens (tertiary/aromatic N) is 4. The zero-order valence-electron chi connectivity index (χ0n) is 20.3. The van der Waals surface area contributed by atoms with Gasteiger partial charge in [-0.25, -0.2) is 0 Å². The molecule has 4 rings (SSSR count). The van der Waals surface area contributed by atoms with E-state index in [1.165, 1.54) is 0 Å². The summed E-state index contributed by atoms with van der Waals surface area (Å²) in [6.07, 6.45) is 4.06. The second kappa shape index (κ2) is 8.19. The molecule has 1 N–H and O–H groups in total. The molecule has 2 aliphatic rings. The average Bonchev–Trinajstić information content (AvgIpc) is 3.27. The highest BCUT2D eigenvalue weighted by Gasteiger charge is 2.53. The van der Waals surface area contributed by atoms with Gasteiger partial charge in [0.2, 0.25) is 0 Å². The molecule has 3 heterocycles. The van der Waals surface area contributed by atoms with E-state index in [-0.39, 0.29) is 11.9 Å². The van der Waals surface area contributed by atoms with Gasteiger partial charge in [-0.15, -0.1) is 0 Å². The van der Waals surface area contributed by atoms with E-state index >= 15 is 0 Å². The Morgan fingerprint density at radius 3 is 2.33 bits per heavy atom. The van der Waals surface area contributed by atoms with Crippen molar-refractivity contribution >= 4 is 24.2 Å². The minimum atomic E-state index is -0.483. The number of benzene rings is 1. The molecule has 2 saturated heterocycles. The number of hydrogen-bond acceptors (Lipinski definition) is 6. The maximum Gasteiger partial charge on any atom is 0.498 e. The third-order valence-corrected chi connectivity index (χ3v) is 6.91. The fraction of sp³-hybridized carbons (Fsp3) is 0.542. The van der Waals surface area contributed by atoms with Crippen molar-refractivity contribution in [3.8, 4) is 6.07 Å². The van der Waals surface area contributed by atoms with Crippen LogP contribution >= 0.6 is 0 Å². The molecule has 0 atom stereocenters. The summed E-state index contributed by atoms with van der Waals surface area (Å²) in [5, 5.41) is 17.0. The normalized spacial score (nSPS) is 20.4. The van der Waals surface area contributed by atoms with Gasteiger partial charge in [-0.1, -0.05) is 0 Å². The van der Waals surface area contributed by atoms with E-state index < -0.39 is 23.9 Å². The monoisotopic (exact) mass is 449 g/mol. The van der Waals surface area contributed by atoms with Gasteiger partial charge in [-0.05, 0) is 65.8 Å². The van der Waals surface area contributed by atoms with Crippen molar-refractivity contribution in [1.82, 2.24) is 15.1 Å². The predicted molar refractivity (Wildman–Crippen MR) is 127 cm³/mol. The van der Waals surface area contributed by atoms with E-state index in [2.05, 4.69) is 21.4 Å². The number of hydrogen-bond donors (Lipinski definition) is 1. The summed E-state index contributed by atoms with van der Waals surface area (Å²) in [5.41, 5.74) is 1.25. The smallest absolute Gasteiger partial charge is 0.399 e. The Morgan fingerprint density at radius 2 is 1.79 bits per heavy atom. The summed E-state index contributed by atoms with van der Waals surface area (Å²) in [6, 6.07) is 9.99. The largest absolute Gasteiger partial charge is 0.498 e. The van der Waals surface area contributed by atoms with Crippen molar-refractivity contribution in [3.63, 3.8) is 0 Å². The molecule has 33 heavy (non-hydrogen) atoms. The first-order chi connectivity index (χ1) is 15.5.